The molecule has 0 heterocycles. The van der Waals surface area contributed by atoms with Gasteiger partial charge < -0.3 is 11.1 Å². The number of hydrogen-bond donors (Lipinski definition) is 2. The summed E-state index contributed by atoms with van der Waals surface area (Å²) in [6.07, 6.45) is 38.3. The highest BCUT2D eigenvalue weighted by Gasteiger charge is 2.02. The fourth-order valence-electron chi connectivity index (χ4n) is 5.08. The van der Waals surface area contributed by atoms with E-state index >= 15 is 0 Å². The van der Waals surface area contributed by atoms with Crippen molar-refractivity contribution in [2.75, 3.05) is 13.1 Å². The van der Waals surface area contributed by atoms with Crippen molar-refractivity contribution in [3.63, 3.8) is 0 Å². The molecule has 1 unspecified atom stereocenters. The molecule has 2 heteroatoms. The van der Waals surface area contributed by atoms with Gasteiger partial charge in [0.05, 0.1) is 0 Å². The van der Waals surface area contributed by atoms with Gasteiger partial charge in [-0.25, -0.2) is 0 Å². The Kier molecular flexibility index (Phi) is 30.9. The Bertz CT molecular complexity index is 344. The van der Waals surface area contributed by atoms with E-state index < -0.39 is 0 Å². The number of hydrogen-bond acceptors (Lipinski definition) is 2. The number of unbranched alkanes of at least 4 members (excludes halogenated alkanes) is 24. The lowest BCUT2D eigenvalue weighted by molar-refractivity contribution is 0.487. The van der Waals surface area contributed by atoms with Crippen molar-refractivity contribution < 1.29 is 0 Å². The Balaban J connectivity index is 3.13. The molecule has 0 aliphatic carbocycles. The smallest absolute Gasteiger partial charge is 0.0165 e. The summed E-state index contributed by atoms with van der Waals surface area (Å²) in [5, 5.41) is 3.60. The molecule has 0 saturated heterocycles. The van der Waals surface area contributed by atoms with Crippen LogP contribution in [0, 0.1) is 0 Å². The van der Waals surface area contributed by atoms with Gasteiger partial charge in [0, 0.05) is 12.6 Å². The van der Waals surface area contributed by atoms with Gasteiger partial charge in [0.1, 0.15) is 0 Å². The average Bonchev–Trinajstić information content (AvgIpc) is 2.84. The molecule has 0 amide bonds. The van der Waals surface area contributed by atoms with Crippen molar-refractivity contribution in [2.45, 2.75) is 193 Å². The summed E-state index contributed by atoms with van der Waals surface area (Å²) in [5.41, 5.74) is 6.30. The second-order valence-corrected chi connectivity index (χ2v) is 11.2. The van der Waals surface area contributed by atoms with E-state index in [2.05, 4.69) is 19.2 Å². The van der Waals surface area contributed by atoms with E-state index in [9.17, 15) is 0 Å². The van der Waals surface area contributed by atoms with Crippen molar-refractivity contribution in [1.82, 2.24) is 5.32 Å². The topological polar surface area (TPSA) is 38.0 Å². The first-order chi connectivity index (χ1) is 16.8. The first-order valence-corrected chi connectivity index (χ1v) is 16.3. The number of rotatable bonds is 30. The fourth-order valence-corrected chi connectivity index (χ4v) is 5.08. The lowest BCUT2D eigenvalue weighted by Gasteiger charge is -2.12. The molecule has 3 N–H and O–H groups in total. The first kappa shape index (κ1) is 33.9. The summed E-state index contributed by atoms with van der Waals surface area (Å²) in [5.74, 6) is 0. The number of nitrogens with two attached hydrogens (primary N) is 1. The quantitative estimate of drug-likeness (QED) is 0.100. The molecule has 0 radical (unpaired) electrons. The highest BCUT2D eigenvalue weighted by Crippen LogP contribution is 2.14. The van der Waals surface area contributed by atoms with Crippen LogP contribution in [-0.4, -0.2) is 19.1 Å². The highest BCUT2D eigenvalue weighted by molar-refractivity contribution is 4.65. The average molecular weight is 481 g/mol. The van der Waals surface area contributed by atoms with Crippen LogP contribution < -0.4 is 11.1 Å². The molecule has 0 aliphatic heterocycles. The van der Waals surface area contributed by atoms with E-state index in [1.807, 2.05) is 0 Å². The lowest BCUT2D eigenvalue weighted by atomic mass is 10.0. The molecule has 0 fully saturated rings. The minimum Gasteiger partial charge on any atom is -0.327 e. The maximum absolute atomic E-state index is 6.30. The molecule has 206 valence electrons. The van der Waals surface area contributed by atoms with Crippen LogP contribution in [0.3, 0.4) is 0 Å². The van der Waals surface area contributed by atoms with Crippen LogP contribution in [0.1, 0.15) is 187 Å². The second-order valence-electron chi connectivity index (χ2n) is 11.2. The lowest BCUT2D eigenvalue weighted by Crippen LogP contribution is -2.34. The molecule has 0 aromatic rings. The van der Waals surface area contributed by atoms with E-state index in [1.54, 1.807) is 0 Å². The summed E-state index contributed by atoms with van der Waals surface area (Å²) in [6.45, 7) is 6.76. The van der Waals surface area contributed by atoms with Crippen molar-refractivity contribution in [1.29, 1.82) is 0 Å². The summed E-state index contributed by atoms with van der Waals surface area (Å²) in [4.78, 5) is 0. The third-order valence-electron chi connectivity index (χ3n) is 7.54. The van der Waals surface area contributed by atoms with Gasteiger partial charge in [0.15, 0.2) is 0 Å². The molecule has 0 aromatic heterocycles. The molecule has 0 spiro atoms. The largest absolute Gasteiger partial charge is 0.327 e. The van der Waals surface area contributed by atoms with Crippen LogP contribution in [0.2, 0.25) is 0 Å². The molecule has 2 nitrogen and oxygen atoms in total. The molecular weight excluding hydrogens is 412 g/mol. The van der Waals surface area contributed by atoms with Gasteiger partial charge in [0.2, 0.25) is 0 Å². The SMILES string of the molecule is CCCCCCCCCCCCCCCCNCC(N)CCCCCCCCCCCCCC. The summed E-state index contributed by atoms with van der Waals surface area (Å²) in [7, 11) is 0. The Labute approximate surface area is 217 Å². The summed E-state index contributed by atoms with van der Waals surface area (Å²) >= 11 is 0. The van der Waals surface area contributed by atoms with Gasteiger partial charge in [-0.2, -0.15) is 0 Å². The van der Waals surface area contributed by atoms with Gasteiger partial charge in [-0.1, -0.05) is 174 Å². The van der Waals surface area contributed by atoms with Crippen LogP contribution in [0.4, 0.5) is 0 Å². The van der Waals surface area contributed by atoms with Gasteiger partial charge in [-0.3, -0.25) is 0 Å². The maximum Gasteiger partial charge on any atom is 0.0165 e. The Morgan fingerprint density at radius 3 is 1.06 bits per heavy atom. The molecule has 0 aliphatic rings. The number of nitrogens with one attached hydrogen (secondary N) is 1. The predicted octanol–water partition coefficient (Wildman–Crippen LogP) is 10.5. The standard InChI is InChI=1S/C32H68N2/c1-3-5-7-9-11-13-15-17-18-20-22-24-26-28-30-34-31-32(33)29-27-25-23-21-19-16-14-12-10-8-6-4-2/h32,34H,3-31,33H2,1-2H3. The van der Waals surface area contributed by atoms with Gasteiger partial charge in [-0.15, -0.1) is 0 Å². The van der Waals surface area contributed by atoms with Crippen molar-refractivity contribution >= 4 is 0 Å². The molecule has 34 heavy (non-hydrogen) atoms. The molecule has 0 bridgehead atoms. The normalized spacial score (nSPS) is 12.4. The van der Waals surface area contributed by atoms with Crippen molar-refractivity contribution in [3.8, 4) is 0 Å². The highest BCUT2D eigenvalue weighted by atomic mass is 14.9. The second kappa shape index (κ2) is 31.0. The Hall–Kier alpha value is -0.0800. The molecular formula is C32H68N2. The van der Waals surface area contributed by atoms with Crippen molar-refractivity contribution in [2.24, 2.45) is 5.73 Å². The van der Waals surface area contributed by atoms with E-state index in [1.165, 1.54) is 173 Å². The van der Waals surface area contributed by atoms with E-state index in [-0.39, 0.29) is 0 Å². The maximum atomic E-state index is 6.30. The molecule has 0 saturated carbocycles. The van der Waals surface area contributed by atoms with Gasteiger partial charge >= 0.3 is 0 Å². The first-order valence-electron chi connectivity index (χ1n) is 16.3. The van der Waals surface area contributed by atoms with E-state index in [0.29, 0.717) is 6.04 Å². The molecule has 0 aromatic carbocycles. The zero-order valence-electron chi connectivity index (χ0n) is 24.2. The van der Waals surface area contributed by atoms with Crippen LogP contribution >= 0.6 is 0 Å². The van der Waals surface area contributed by atoms with Gasteiger partial charge in [0.25, 0.3) is 0 Å². The van der Waals surface area contributed by atoms with Crippen LogP contribution in [-0.2, 0) is 0 Å². The zero-order valence-corrected chi connectivity index (χ0v) is 24.2. The summed E-state index contributed by atoms with van der Waals surface area (Å²) < 4.78 is 0. The van der Waals surface area contributed by atoms with Crippen LogP contribution in [0.25, 0.3) is 0 Å². The van der Waals surface area contributed by atoms with E-state index in [4.69, 9.17) is 5.73 Å². The third-order valence-corrected chi connectivity index (χ3v) is 7.54. The molecule has 1 atom stereocenters. The summed E-state index contributed by atoms with van der Waals surface area (Å²) in [6, 6.07) is 0.356. The van der Waals surface area contributed by atoms with Crippen LogP contribution in [0.5, 0.6) is 0 Å². The van der Waals surface area contributed by atoms with Crippen LogP contribution in [0.15, 0.2) is 0 Å². The van der Waals surface area contributed by atoms with Crippen molar-refractivity contribution in [3.05, 3.63) is 0 Å². The minimum absolute atomic E-state index is 0.356. The molecule has 0 rings (SSSR count). The van der Waals surface area contributed by atoms with Gasteiger partial charge in [-0.05, 0) is 19.4 Å². The predicted molar refractivity (Wildman–Crippen MR) is 157 cm³/mol. The minimum atomic E-state index is 0.356. The Morgan fingerprint density at radius 1 is 0.412 bits per heavy atom. The van der Waals surface area contributed by atoms with E-state index in [0.717, 1.165) is 13.1 Å². The zero-order chi connectivity index (χ0) is 24.8. The Morgan fingerprint density at radius 2 is 0.706 bits per heavy atom. The monoisotopic (exact) mass is 481 g/mol. The fraction of sp³-hybridized carbons (Fsp3) is 1.00. The third kappa shape index (κ3) is 30.0.